The van der Waals surface area contributed by atoms with Crippen molar-refractivity contribution in [1.29, 1.82) is 0 Å². The Balaban J connectivity index is 2.30. The number of rotatable bonds is 6. The van der Waals surface area contributed by atoms with E-state index in [0.717, 1.165) is 6.54 Å². The first-order chi connectivity index (χ1) is 6.77. The van der Waals surface area contributed by atoms with E-state index in [0.29, 0.717) is 6.04 Å². The van der Waals surface area contributed by atoms with E-state index in [4.69, 9.17) is 5.11 Å². The van der Waals surface area contributed by atoms with Gasteiger partial charge in [-0.25, -0.2) is 0 Å². The van der Waals surface area contributed by atoms with Crippen molar-refractivity contribution in [2.24, 2.45) is 0 Å². The highest BCUT2D eigenvalue weighted by Crippen LogP contribution is 2.11. The van der Waals surface area contributed by atoms with Crippen LogP contribution in [0.1, 0.15) is 11.8 Å². The zero-order chi connectivity index (χ0) is 10.4. The average molecular weight is 232 g/mol. The molecule has 0 aliphatic rings. The molecule has 3 nitrogen and oxygen atoms in total. The van der Waals surface area contributed by atoms with Crippen molar-refractivity contribution in [3.8, 4) is 0 Å². The third-order valence-corrected chi connectivity index (χ3v) is 4.06. The summed E-state index contributed by atoms with van der Waals surface area (Å²) in [5.74, 6) is 0. The van der Waals surface area contributed by atoms with Crippen LogP contribution in [0.3, 0.4) is 0 Å². The van der Waals surface area contributed by atoms with E-state index in [1.54, 1.807) is 23.1 Å². The molecule has 1 aromatic rings. The lowest BCUT2D eigenvalue weighted by molar-refractivity contribution is 0.276. The van der Waals surface area contributed by atoms with Gasteiger partial charge in [0.1, 0.15) is 0 Å². The predicted octanol–water partition coefficient (Wildman–Crippen LogP) is 1.35. The molecule has 14 heavy (non-hydrogen) atoms. The molecule has 2 N–H and O–H groups in total. The van der Waals surface area contributed by atoms with Crippen molar-refractivity contribution in [2.45, 2.75) is 24.8 Å². The summed E-state index contributed by atoms with van der Waals surface area (Å²) >= 11 is 3.34. The molecule has 0 fully saturated rings. The van der Waals surface area contributed by atoms with Gasteiger partial charge in [-0.05, 0) is 13.2 Å². The van der Waals surface area contributed by atoms with Gasteiger partial charge in [-0.2, -0.15) is 11.8 Å². The monoisotopic (exact) mass is 232 g/mol. The smallest absolute Gasteiger partial charge is 0.0794 e. The van der Waals surface area contributed by atoms with Crippen molar-refractivity contribution in [3.63, 3.8) is 0 Å². The maximum atomic E-state index is 9.08. The van der Waals surface area contributed by atoms with Crippen LogP contribution in [0.25, 0.3) is 0 Å². The van der Waals surface area contributed by atoms with Crippen LogP contribution in [-0.4, -0.2) is 34.2 Å². The van der Waals surface area contributed by atoms with Crippen molar-refractivity contribution < 1.29 is 5.11 Å². The van der Waals surface area contributed by atoms with Gasteiger partial charge in [0.15, 0.2) is 0 Å². The SMILES string of the molecule is CSC(CO)C(C)NCc1cncs1. The van der Waals surface area contributed by atoms with Crippen LogP contribution in [0.4, 0.5) is 0 Å². The van der Waals surface area contributed by atoms with Crippen LogP contribution in [-0.2, 0) is 6.54 Å². The first-order valence-electron chi connectivity index (χ1n) is 4.52. The summed E-state index contributed by atoms with van der Waals surface area (Å²) < 4.78 is 0. The molecule has 2 atom stereocenters. The first-order valence-corrected chi connectivity index (χ1v) is 6.69. The molecule has 0 saturated heterocycles. The topological polar surface area (TPSA) is 45.1 Å². The van der Waals surface area contributed by atoms with E-state index in [1.807, 2.05) is 18.0 Å². The van der Waals surface area contributed by atoms with Crippen LogP contribution in [0, 0.1) is 0 Å². The first kappa shape index (κ1) is 12.0. The molecule has 2 unspecified atom stereocenters. The summed E-state index contributed by atoms with van der Waals surface area (Å²) in [6, 6.07) is 0.317. The molecule has 80 valence electrons. The van der Waals surface area contributed by atoms with Crippen molar-refractivity contribution in [3.05, 3.63) is 16.6 Å². The van der Waals surface area contributed by atoms with Crippen LogP contribution in [0.2, 0.25) is 0 Å². The molecule has 0 amide bonds. The van der Waals surface area contributed by atoms with E-state index in [2.05, 4.69) is 17.2 Å². The highest BCUT2D eigenvalue weighted by Gasteiger charge is 2.14. The minimum atomic E-state index is 0.220. The highest BCUT2D eigenvalue weighted by atomic mass is 32.2. The lowest BCUT2D eigenvalue weighted by Gasteiger charge is -2.20. The molecule has 0 aliphatic heterocycles. The van der Waals surface area contributed by atoms with Gasteiger partial charge in [0.25, 0.3) is 0 Å². The predicted molar refractivity (Wildman–Crippen MR) is 62.8 cm³/mol. The van der Waals surface area contributed by atoms with Gasteiger partial charge in [0, 0.05) is 28.9 Å². The lowest BCUT2D eigenvalue weighted by Crippen LogP contribution is -2.36. The Kier molecular flexibility index (Phi) is 5.47. The van der Waals surface area contributed by atoms with Crippen molar-refractivity contribution in [2.75, 3.05) is 12.9 Å². The number of nitrogens with one attached hydrogen (secondary N) is 1. The number of hydrogen-bond donors (Lipinski definition) is 2. The van der Waals surface area contributed by atoms with Gasteiger partial charge >= 0.3 is 0 Å². The minimum absolute atomic E-state index is 0.220. The number of aliphatic hydroxyl groups is 1. The van der Waals surface area contributed by atoms with Gasteiger partial charge in [0.2, 0.25) is 0 Å². The molecule has 0 radical (unpaired) electrons. The zero-order valence-electron chi connectivity index (χ0n) is 8.43. The van der Waals surface area contributed by atoms with E-state index >= 15 is 0 Å². The third-order valence-electron chi connectivity index (χ3n) is 2.12. The molecular formula is C9H16N2OS2. The minimum Gasteiger partial charge on any atom is -0.395 e. The number of aromatic nitrogens is 1. The van der Waals surface area contributed by atoms with Gasteiger partial charge in [-0.1, -0.05) is 0 Å². The summed E-state index contributed by atoms with van der Waals surface area (Å²) in [6.07, 6.45) is 3.89. The van der Waals surface area contributed by atoms with E-state index in [-0.39, 0.29) is 11.9 Å². The summed E-state index contributed by atoms with van der Waals surface area (Å²) in [7, 11) is 0. The van der Waals surface area contributed by atoms with E-state index in [1.165, 1.54) is 4.88 Å². The second-order valence-corrected chi connectivity index (χ2v) is 5.14. The molecule has 1 aromatic heterocycles. The average Bonchev–Trinajstić information content (AvgIpc) is 2.69. The molecule has 0 aliphatic carbocycles. The Bertz CT molecular complexity index is 237. The fraction of sp³-hybridized carbons (Fsp3) is 0.667. The summed E-state index contributed by atoms with van der Waals surface area (Å²) in [6.45, 7) is 3.15. The Hall–Kier alpha value is -0.100. The molecule has 0 aromatic carbocycles. The number of thioether (sulfide) groups is 1. The highest BCUT2D eigenvalue weighted by molar-refractivity contribution is 7.99. The van der Waals surface area contributed by atoms with Gasteiger partial charge in [0.05, 0.1) is 12.1 Å². The van der Waals surface area contributed by atoms with Crippen molar-refractivity contribution in [1.82, 2.24) is 10.3 Å². The van der Waals surface area contributed by atoms with Crippen LogP contribution in [0.5, 0.6) is 0 Å². The summed E-state index contributed by atoms with van der Waals surface area (Å²) in [4.78, 5) is 5.24. The quantitative estimate of drug-likeness (QED) is 0.777. The molecule has 5 heteroatoms. The molecular weight excluding hydrogens is 216 g/mol. The second-order valence-electron chi connectivity index (χ2n) is 3.09. The number of hydrogen-bond acceptors (Lipinski definition) is 5. The maximum absolute atomic E-state index is 9.08. The zero-order valence-corrected chi connectivity index (χ0v) is 10.1. The van der Waals surface area contributed by atoms with Crippen LogP contribution in [0.15, 0.2) is 11.7 Å². The Morgan fingerprint density at radius 2 is 2.50 bits per heavy atom. The molecule has 0 spiro atoms. The maximum Gasteiger partial charge on any atom is 0.0794 e. The number of nitrogens with zero attached hydrogens (tertiary/aromatic N) is 1. The number of aliphatic hydroxyl groups excluding tert-OH is 1. The lowest BCUT2D eigenvalue weighted by atomic mass is 10.2. The van der Waals surface area contributed by atoms with Crippen LogP contribution < -0.4 is 5.32 Å². The molecule has 1 heterocycles. The van der Waals surface area contributed by atoms with Crippen LogP contribution >= 0.6 is 23.1 Å². The standard InChI is InChI=1S/C9H16N2OS2/c1-7(9(5-12)13-2)11-4-8-3-10-6-14-8/h3,6-7,9,11-12H,4-5H2,1-2H3. The second kappa shape index (κ2) is 6.40. The normalized spacial score (nSPS) is 15.4. The van der Waals surface area contributed by atoms with Gasteiger partial charge < -0.3 is 10.4 Å². The van der Waals surface area contributed by atoms with Gasteiger partial charge in [-0.15, -0.1) is 11.3 Å². The largest absolute Gasteiger partial charge is 0.395 e. The van der Waals surface area contributed by atoms with E-state index in [9.17, 15) is 0 Å². The van der Waals surface area contributed by atoms with Gasteiger partial charge in [-0.3, -0.25) is 4.98 Å². The fourth-order valence-electron chi connectivity index (χ4n) is 1.16. The summed E-state index contributed by atoms with van der Waals surface area (Å²) in [5.41, 5.74) is 1.83. The van der Waals surface area contributed by atoms with E-state index < -0.39 is 0 Å². The number of thiazole rings is 1. The Morgan fingerprint density at radius 3 is 3.00 bits per heavy atom. The third kappa shape index (κ3) is 3.57. The summed E-state index contributed by atoms with van der Waals surface area (Å²) in [5, 5.41) is 12.7. The molecule has 0 saturated carbocycles. The molecule has 0 bridgehead atoms. The Labute approximate surface area is 92.9 Å². The molecule has 1 rings (SSSR count). The fourth-order valence-corrected chi connectivity index (χ4v) is 2.36. The van der Waals surface area contributed by atoms with Crippen molar-refractivity contribution >= 4 is 23.1 Å². The Morgan fingerprint density at radius 1 is 1.71 bits per heavy atom.